The van der Waals surface area contributed by atoms with Gasteiger partial charge < -0.3 is 5.32 Å². The van der Waals surface area contributed by atoms with Crippen molar-refractivity contribution in [3.05, 3.63) is 5.01 Å². The van der Waals surface area contributed by atoms with Gasteiger partial charge in [-0.1, -0.05) is 25.2 Å². The van der Waals surface area contributed by atoms with Crippen molar-refractivity contribution in [3.63, 3.8) is 0 Å². The van der Waals surface area contributed by atoms with E-state index in [1.807, 2.05) is 6.92 Å². The van der Waals surface area contributed by atoms with Gasteiger partial charge in [0, 0.05) is 6.42 Å². The van der Waals surface area contributed by atoms with E-state index >= 15 is 0 Å². The third-order valence-corrected chi connectivity index (χ3v) is 4.25. The first-order valence-electron chi connectivity index (χ1n) is 6.88. The summed E-state index contributed by atoms with van der Waals surface area (Å²) in [5.74, 6) is 0.550. The van der Waals surface area contributed by atoms with E-state index in [1.165, 1.54) is 11.3 Å². The molecule has 1 fully saturated rings. The summed E-state index contributed by atoms with van der Waals surface area (Å²) in [4.78, 5) is 12.3. The number of carbonyl (C=O) groups excluding carboxylic acids is 1. The van der Waals surface area contributed by atoms with E-state index in [1.54, 1.807) is 0 Å². The lowest BCUT2D eigenvalue weighted by Gasteiger charge is -2.32. The molecular formula is C13H22N4OS. The zero-order chi connectivity index (χ0) is 13.9. The van der Waals surface area contributed by atoms with E-state index < -0.39 is 5.54 Å². The van der Waals surface area contributed by atoms with Crippen molar-refractivity contribution < 1.29 is 4.79 Å². The topological polar surface area (TPSA) is 66.9 Å². The molecule has 1 aliphatic heterocycles. The van der Waals surface area contributed by atoms with Gasteiger partial charge in [0.25, 0.3) is 0 Å². The molecule has 2 heterocycles. The molecule has 1 aromatic heterocycles. The maximum atomic E-state index is 12.3. The standard InChI is InChI=1S/C13H22N4OS/c1-9(2)8-10-16-17-12(19-10)15-11(18)13(3)6-4-5-7-14-13/h9,14H,4-8H2,1-3H3,(H,15,17,18). The third kappa shape index (κ3) is 3.73. The van der Waals surface area contributed by atoms with Crippen LogP contribution in [0.25, 0.3) is 0 Å². The second kappa shape index (κ2) is 5.96. The number of amides is 1. The molecule has 1 aliphatic rings. The Bertz CT molecular complexity index is 438. The maximum absolute atomic E-state index is 12.3. The molecule has 0 aliphatic carbocycles. The molecule has 6 heteroatoms. The summed E-state index contributed by atoms with van der Waals surface area (Å²) in [6.07, 6.45) is 4.01. The van der Waals surface area contributed by atoms with Crippen LogP contribution in [0.2, 0.25) is 0 Å². The number of rotatable bonds is 4. The van der Waals surface area contributed by atoms with Gasteiger partial charge in [-0.25, -0.2) is 0 Å². The second-order valence-electron chi connectivity index (χ2n) is 5.77. The van der Waals surface area contributed by atoms with Crippen LogP contribution in [-0.2, 0) is 11.2 Å². The average Bonchev–Trinajstić information content (AvgIpc) is 2.76. The fourth-order valence-corrected chi connectivity index (χ4v) is 3.17. The molecule has 1 atom stereocenters. The van der Waals surface area contributed by atoms with Crippen molar-refractivity contribution in [2.75, 3.05) is 11.9 Å². The molecule has 1 unspecified atom stereocenters. The molecule has 0 spiro atoms. The van der Waals surface area contributed by atoms with Gasteiger partial charge in [-0.15, -0.1) is 10.2 Å². The van der Waals surface area contributed by atoms with Crippen LogP contribution < -0.4 is 10.6 Å². The molecule has 0 bridgehead atoms. The van der Waals surface area contributed by atoms with Crippen molar-refractivity contribution >= 4 is 22.4 Å². The van der Waals surface area contributed by atoms with Gasteiger partial charge in [0.2, 0.25) is 11.0 Å². The summed E-state index contributed by atoms with van der Waals surface area (Å²) in [5, 5.41) is 15.9. The highest BCUT2D eigenvalue weighted by Gasteiger charge is 2.34. The monoisotopic (exact) mass is 282 g/mol. The first kappa shape index (κ1) is 14.4. The lowest BCUT2D eigenvalue weighted by atomic mass is 9.90. The number of nitrogens with zero attached hydrogens (tertiary/aromatic N) is 2. The van der Waals surface area contributed by atoms with E-state index in [2.05, 4.69) is 34.7 Å². The fourth-order valence-electron chi connectivity index (χ4n) is 2.22. The molecule has 106 valence electrons. The average molecular weight is 282 g/mol. The largest absolute Gasteiger partial charge is 0.304 e. The van der Waals surface area contributed by atoms with Gasteiger partial charge in [0.05, 0.1) is 5.54 Å². The van der Waals surface area contributed by atoms with Gasteiger partial charge in [-0.05, 0) is 38.6 Å². The number of hydrogen-bond donors (Lipinski definition) is 2. The summed E-state index contributed by atoms with van der Waals surface area (Å²) in [7, 11) is 0. The lowest BCUT2D eigenvalue weighted by Crippen LogP contribution is -2.54. The Balaban J connectivity index is 1.96. The molecule has 0 aromatic carbocycles. The maximum Gasteiger partial charge on any atom is 0.246 e. The normalized spacial score (nSPS) is 23.6. The molecule has 1 amide bonds. The van der Waals surface area contributed by atoms with E-state index in [0.717, 1.165) is 37.2 Å². The highest BCUT2D eigenvalue weighted by molar-refractivity contribution is 7.15. The summed E-state index contributed by atoms with van der Waals surface area (Å²) in [6.45, 7) is 7.15. The third-order valence-electron chi connectivity index (χ3n) is 3.39. The number of aromatic nitrogens is 2. The molecule has 2 N–H and O–H groups in total. The first-order valence-corrected chi connectivity index (χ1v) is 7.70. The number of carbonyl (C=O) groups is 1. The van der Waals surface area contributed by atoms with Gasteiger partial charge >= 0.3 is 0 Å². The zero-order valence-electron chi connectivity index (χ0n) is 11.8. The Hall–Kier alpha value is -1.01. The van der Waals surface area contributed by atoms with Gasteiger partial charge in [-0.3, -0.25) is 10.1 Å². The van der Waals surface area contributed by atoms with Crippen molar-refractivity contribution in [3.8, 4) is 0 Å². The predicted molar refractivity (Wildman–Crippen MR) is 77.3 cm³/mol. The smallest absolute Gasteiger partial charge is 0.246 e. The van der Waals surface area contributed by atoms with Crippen LogP contribution in [0, 0.1) is 5.92 Å². The summed E-state index contributed by atoms with van der Waals surface area (Å²) in [5.41, 5.74) is -0.470. The Morgan fingerprint density at radius 1 is 1.47 bits per heavy atom. The molecule has 19 heavy (non-hydrogen) atoms. The number of piperidine rings is 1. The molecule has 0 radical (unpaired) electrons. The van der Waals surface area contributed by atoms with Crippen molar-refractivity contribution in [2.45, 2.75) is 52.0 Å². The predicted octanol–water partition coefficient (Wildman–Crippen LogP) is 2.21. The summed E-state index contributed by atoms with van der Waals surface area (Å²) >= 11 is 1.47. The van der Waals surface area contributed by atoms with Crippen LogP contribution >= 0.6 is 11.3 Å². The SMILES string of the molecule is CC(C)Cc1nnc(NC(=O)C2(C)CCCCN2)s1. The van der Waals surface area contributed by atoms with Crippen LogP contribution in [-0.4, -0.2) is 28.2 Å². The van der Waals surface area contributed by atoms with E-state index in [4.69, 9.17) is 0 Å². The molecular weight excluding hydrogens is 260 g/mol. The number of hydrogen-bond acceptors (Lipinski definition) is 5. The van der Waals surface area contributed by atoms with Crippen LogP contribution in [0.1, 0.15) is 45.0 Å². The Morgan fingerprint density at radius 3 is 2.89 bits per heavy atom. The Morgan fingerprint density at radius 2 is 2.26 bits per heavy atom. The highest BCUT2D eigenvalue weighted by atomic mass is 32.1. The first-order chi connectivity index (χ1) is 8.99. The van der Waals surface area contributed by atoms with Crippen molar-refractivity contribution in [2.24, 2.45) is 5.92 Å². The van der Waals surface area contributed by atoms with E-state index in [9.17, 15) is 4.79 Å². The van der Waals surface area contributed by atoms with Crippen molar-refractivity contribution in [1.29, 1.82) is 0 Å². The summed E-state index contributed by atoms with van der Waals surface area (Å²) in [6, 6.07) is 0. The number of anilines is 1. The Kier molecular flexibility index (Phi) is 4.52. The van der Waals surface area contributed by atoms with Gasteiger partial charge in [0.1, 0.15) is 5.01 Å². The van der Waals surface area contributed by atoms with Gasteiger partial charge in [0.15, 0.2) is 0 Å². The van der Waals surface area contributed by atoms with Crippen molar-refractivity contribution in [1.82, 2.24) is 15.5 Å². The molecule has 5 nitrogen and oxygen atoms in total. The minimum atomic E-state index is -0.470. The zero-order valence-corrected chi connectivity index (χ0v) is 12.6. The van der Waals surface area contributed by atoms with E-state index in [0.29, 0.717) is 11.0 Å². The molecule has 2 rings (SSSR count). The molecule has 1 saturated heterocycles. The fraction of sp³-hybridized carbons (Fsp3) is 0.769. The lowest BCUT2D eigenvalue weighted by molar-refractivity contribution is -0.122. The summed E-state index contributed by atoms with van der Waals surface area (Å²) < 4.78 is 0. The van der Waals surface area contributed by atoms with Crippen LogP contribution in [0.3, 0.4) is 0 Å². The number of nitrogens with one attached hydrogen (secondary N) is 2. The molecule has 0 saturated carbocycles. The second-order valence-corrected chi connectivity index (χ2v) is 6.83. The Labute approximate surface area is 118 Å². The van der Waals surface area contributed by atoms with Crippen LogP contribution in [0.15, 0.2) is 0 Å². The van der Waals surface area contributed by atoms with E-state index in [-0.39, 0.29) is 5.91 Å². The molecule has 1 aromatic rings. The quantitative estimate of drug-likeness (QED) is 0.888. The minimum absolute atomic E-state index is 0.000512. The minimum Gasteiger partial charge on any atom is -0.304 e. The van der Waals surface area contributed by atoms with Gasteiger partial charge in [-0.2, -0.15) is 0 Å². The van der Waals surface area contributed by atoms with Crippen LogP contribution in [0.5, 0.6) is 0 Å². The van der Waals surface area contributed by atoms with Crippen LogP contribution in [0.4, 0.5) is 5.13 Å². The highest BCUT2D eigenvalue weighted by Crippen LogP contribution is 2.23.